The predicted molar refractivity (Wildman–Crippen MR) is 106 cm³/mol. The standard InChI is InChI=1S/C22H22N2O2/c1-15-8-9-18-14-19(22(26)24-20(18)12-15)10-11-23-21(25)13-16(2)17-6-4-3-5-7-17/h3-9,12-14H,10-11H2,1-2H3,(H,23,25)(H,24,26)/b16-13+. The Hall–Kier alpha value is -3.14. The van der Waals surface area contributed by atoms with Crippen molar-refractivity contribution < 1.29 is 4.79 Å². The molecular formula is C22H22N2O2. The summed E-state index contributed by atoms with van der Waals surface area (Å²) < 4.78 is 0. The molecule has 0 aliphatic rings. The maximum atomic E-state index is 12.2. The summed E-state index contributed by atoms with van der Waals surface area (Å²) in [4.78, 5) is 27.2. The first-order valence-electron chi connectivity index (χ1n) is 8.67. The number of carbonyl (C=O) groups excluding carboxylic acids is 1. The van der Waals surface area contributed by atoms with Crippen LogP contribution in [0.5, 0.6) is 0 Å². The number of hydrogen-bond donors (Lipinski definition) is 2. The van der Waals surface area contributed by atoms with Gasteiger partial charge in [-0.15, -0.1) is 0 Å². The van der Waals surface area contributed by atoms with Crippen molar-refractivity contribution in [2.75, 3.05) is 6.54 Å². The summed E-state index contributed by atoms with van der Waals surface area (Å²) in [5.41, 5.74) is 4.43. The Labute approximate surface area is 152 Å². The highest BCUT2D eigenvalue weighted by Gasteiger charge is 2.05. The fourth-order valence-corrected chi connectivity index (χ4v) is 2.90. The van der Waals surface area contributed by atoms with E-state index in [0.717, 1.165) is 27.6 Å². The van der Waals surface area contributed by atoms with Crippen LogP contribution in [0.25, 0.3) is 16.5 Å². The molecule has 3 aromatic rings. The average molecular weight is 346 g/mol. The fraction of sp³-hybridized carbons (Fsp3) is 0.182. The summed E-state index contributed by atoms with van der Waals surface area (Å²) in [5.74, 6) is -0.154. The third-order valence-electron chi connectivity index (χ3n) is 4.35. The Morgan fingerprint density at radius 1 is 1.12 bits per heavy atom. The molecule has 0 aliphatic heterocycles. The SMILES string of the molecule is C/C(=C\C(=O)NCCc1cc2ccc(C)cc2[nH]c1=O)c1ccccc1. The van der Waals surface area contributed by atoms with Crippen LogP contribution in [-0.4, -0.2) is 17.4 Å². The number of rotatable bonds is 5. The van der Waals surface area contributed by atoms with Gasteiger partial charge in [-0.25, -0.2) is 0 Å². The van der Waals surface area contributed by atoms with Gasteiger partial charge in [0.1, 0.15) is 0 Å². The monoisotopic (exact) mass is 346 g/mol. The fourth-order valence-electron chi connectivity index (χ4n) is 2.90. The molecule has 132 valence electrons. The third-order valence-corrected chi connectivity index (χ3v) is 4.35. The summed E-state index contributed by atoms with van der Waals surface area (Å²) in [6.45, 7) is 4.31. The van der Waals surface area contributed by atoms with Gasteiger partial charge < -0.3 is 10.3 Å². The Kier molecular flexibility index (Phi) is 5.32. The van der Waals surface area contributed by atoms with Crippen molar-refractivity contribution in [3.8, 4) is 0 Å². The Morgan fingerprint density at radius 2 is 1.88 bits per heavy atom. The molecule has 0 unspecified atom stereocenters. The molecule has 1 heterocycles. The maximum Gasteiger partial charge on any atom is 0.251 e. The largest absolute Gasteiger partial charge is 0.352 e. The van der Waals surface area contributed by atoms with Crippen LogP contribution < -0.4 is 10.9 Å². The van der Waals surface area contributed by atoms with Crippen molar-refractivity contribution in [1.82, 2.24) is 10.3 Å². The minimum atomic E-state index is -0.154. The van der Waals surface area contributed by atoms with Gasteiger partial charge in [-0.3, -0.25) is 9.59 Å². The Morgan fingerprint density at radius 3 is 2.65 bits per heavy atom. The molecule has 26 heavy (non-hydrogen) atoms. The van der Waals surface area contributed by atoms with E-state index in [-0.39, 0.29) is 11.5 Å². The number of aromatic amines is 1. The van der Waals surface area contributed by atoms with Crippen LogP contribution in [0.4, 0.5) is 0 Å². The molecule has 0 spiro atoms. The zero-order chi connectivity index (χ0) is 18.5. The summed E-state index contributed by atoms with van der Waals surface area (Å²) in [7, 11) is 0. The number of carbonyl (C=O) groups is 1. The highest BCUT2D eigenvalue weighted by molar-refractivity contribution is 5.94. The van der Waals surface area contributed by atoms with Crippen molar-refractivity contribution >= 4 is 22.4 Å². The molecule has 0 atom stereocenters. The number of pyridine rings is 1. The summed E-state index contributed by atoms with van der Waals surface area (Å²) in [5, 5.41) is 3.84. The highest BCUT2D eigenvalue weighted by Crippen LogP contribution is 2.13. The minimum absolute atomic E-state index is 0.103. The average Bonchev–Trinajstić information content (AvgIpc) is 2.63. The van der Waals surface area contributed by atoms with Crippen LogP contribution in [-0.2, 0) is 11.2 Å². The summed E-state index contributed by atoms with van der Waals surface area (Å²) in [6.07, 6.45) is 2.08. The maximum absolute atomic E-state index is 12.2. The number of benzene rings is 2. The van der Waals surface area contributed by atoms with Crippen LogP contribution in [0.2, 0.25) is 0 Å². The van der Waals surface area contributed by atoms with E-state index in [1.807, 2.05) is 68.4 Å². The van der Waals surface area contributed by atoms with Crippen LogP contribution in [0.1, 0.15) is 23.6 Å². The molecule has 0 aliphatic carbocycles. The van der Waals surface area contributed by atoms with Gasteiger partial charge in [0.25, 0.3) is 5.56 Å². The van der Waals surface area contributed by atoms with E-state index in [9.17, 15) is 9.59 Å². The quantitative estimate of drug-likeness (QED) is 0.694. The van der Waals surface area contributed by atoms with Crippen molar-refractivity contribution in [1.29, 1.82) is 0 Å². The molecule has 0 saturated heterocycles. The molecule has 0 radical (unpaired) electrons. The number of fused-ring (bicyclic) bond motifs is 1. The van der Waals surface area contributed by atoms with Gasteiger partial charge in [-0.05, 0) is 54.5 Å². The van der Waals surface area contributed by atoms with Gasteiger partial charge >= 0.3 is 0 Å². The van der Waals surface area contributed by atoms with E-state index in [0.29, 0.717) is 18.5 Å². The summed E-state index contributed by atoms with van der Waals surface area (Å²) >= 11 is 0. The van der Waals surface area contributed by atoms with Crippen molar-refractivity contribution in [2.24, 2.45) is 0 Å². The van der Waals surface area contributed by atoms with E-state index < -0.39 is 0 Å². The molecular weight excluding hydrogens is 324 g/mol. The second kappa shape index (κ2) is 7.83. The lowest BCUT2D eigenvalue weighted by Gasteiger charge is -2.06. The number of aryl methyl sites for hydroxylation is 1. The second-order valence-corrected chi connectivity index (χ2v) is 6.45. The van der Waals surface area contributed by atoms with Crippen LogP contribution >= 0.6 is 0 Å². The molecule has 0 saturated carbocycles. The van der Waals surface area contributed by atoms with Crippen LogP contribution in [0.15, 0.2) is 65.5 Å². The van der Waals surface area contributed by atoms with Gasteiger partial charge in [-0.1, -0.05) is 42.5 Å². The zero-order valence-corrected chi connectivity index (χ0v) is 15.0. The Balaban J connectivity index is 1.63. The van der Waals surface area contributed by atoms with Gasteiger partial charge in [0.2, 0.25) is 5.91 Å². The van der Waals surface area contributed by atoms with E-state index in [2.05, 4.69) is 10.3 Å². The van der Waals surface area contributed by atoms with Crippen molar-refractivity contribution in [3.05, 3.63) is 87.7 Å². The lowest BCUT2D eigenvalue weighted by Crippen LogP contribution is -2.26. The van der Waals surface area contributed by atoms with Gasteiger partial charge in [-0.2, -0.15) is 0 Å². The molecule has 2 aromatic carbocycles. The minimum Gasteiger partial charge on any atom is -0.352 e. The lowest BCUT2D eigenvalue weighted by atomic mass is 10.1. The topological polar surface area (TPSA) is 62.0 Å². The Bertz CT molecular complexity index is 1020. The van der Waals surface area contributed by atoms with E-state index >= 15 is 0 Å². The molecule has 4 nitrogen and oxygen atoms in total. The smallest absolute Gasteiger partial charge is 0.251 e. The van der Waals surface area contributed by atoms with Crippen molar-refractivity contribution in [3.63, 3.8) is 0 Å². The van der Waals surface area contributed by atoms with Gasteiger partial charge in [0.05, 0.1) is 0 Å². The van der Waals surface area contributed by atoms with E-state index in [1.165, 1.54) is 0 Å². The van der Waals surface area contributed by atoms with Gasteiger partial charge in [0, 0.05) is 23.7 Å². The normalized spacial score (nSPS) is 11.5. The van der Waals surface area contributed by atoms with Crippen molar-refractivity contribution in [2.45, 2.75) is 20.3 Å². The van der Waals surface area contributed by atoms with Crippen LogP contribution in [0.3, 0.4) is 0 Å². The number of nitrogens with one attached hydrogen (secondary N) is 2. The number of aromatic nitrogens is 1. The molecule has 0 bridgehead atoms. The predicted octanol–water partition coefficient (Wildman–Crippen LogP) is 3.60. The number of amides is 1. The number of allylic oxidation sites excluding steroid dienone is 1. The van der Waals surface area contributed by atoms with E-state index in [4.69, 9.17) is 0 Å². The third kappa shape index (κ3) is 4.28. The molecule has 1 aromatic heterocycles. The lowest BCUT2D eigenvalue weighted by molar-refractivity contribution is -0.116. The molecule has 3 rings (SSSR count). The first-order valence-corrected chi connectivity index (χ1v) is 8.67. The number of hydrogen-bond acceptors (Lipinski definition) is 2. The molecule has 0 fully saturated rings. The first kappa shape index (κ1) is 17.7. The highest BCUT2D eigenvalue weighted by atomic mass is 16.1. The number of H-pyrrole nitrogens is 1. The molecule has 1 amide bonds. The van der Waals surface area contributed by atoms with E-state index in [1.54, 1.807) is 6.08 Å². The first-order chi connectivity index (χ1) is 12.5. The zero-order valence-electron chi connectivity index (χ0n) is 15.0. The van der Waals surface area contributed by atoms with Gasteiger partial charge in [0.15, 0.2) is 0 Å². The summed E-state index contributed by atoms with van der Waals surface area (Å²) in [6, 6.07) is 17.6. The van der Waals surface area contributed by atoms with Crippen LogP contribution in [0, 0.1) is 6.92 Å². The molecule has 2 N–H and O–H groups in total. The molecule has 4 heteroatoms. The second-order valence-electron chi connectivity index (χ2n) is 6.45.